The number of nitrogens with zero attached hydrogens (tertiary/aromatic N) is 5. The maximum absolute atomic E-state index is 14.2. The number of allylic oxidation sites excluding steroid dienone is 10. The van der Waals surface area contributed by atoms with Gasteiger partial charge >= 0.3 is 0 Å². The molecule has 0 fully saturated rings. The van der Waals surface area contributed by atoms with Crippen LogP contribution in [0.1, 0.15) is 139 Å². The molecule has 0 bridgehead atoms. The zero-order valence-electron chi connectivity index (χ0n) is 54.2. The summed E-state index contributed by atoms with van der Waals surface area (Å²) in [5, 5.41) is 2.87. The van der Waals surface area contributed by atoms with Crippen molar-refractivity contribution in [1.29, 1.82) is 0 Å². The van der Waals surface area contributed by atoms with Crippen molar-refractivity contribution in [3.63, 3.8) is 0 Å². The lowest BCUT2D eigenvalue weighted by molar-refractivity contribution is -0.662. The molecule has 0 N–H and O–H groups in total. The van der Waals surface area contributed by atoms with E-state index in [1.807, 2.05) is 42.7 Å². The summed E-state index contributed by atoms with van der Waals surface area (Å²) in [6, 6.07) is 46.8. The molecule has 0 spiro atoms. The minimum atomic E-state index is -1.76. The van der Waals surface area contributed by atoms with Crippen molar-refractivity contribution in [3.05, 3.63) is 260 Å². The molecule has 5 nitrogen and oxygen atoms in total. The van der Waals surface area contributed by atoms with Gasteiger partial charge in [-0.3, -0.25) is 0 Å². The lowest BCUT2D eigenvalue weighted by Crippen LogP contribution is -2.37. The molecule has 5 aliphatic heterocycles. The third-order valence-electron chi connectivity index (χ3n) is 21.5. The first-order chi connectivity index (χ1) is 47.3. The Morgan fingerprint density at radius 1 is 0.278 bits per heavy atom. The Balaban J connectivity index is 0.0000000947. The second kappa shape index (κ2) is 25.1. The first kappa shape index (κ1) is 62.3. The maximum atomic E-state index is 14.2. The molecule has 0 amide bonds. The van der Waals surface area contributed by atoms with Gasteiger partial charge in [-0.1, -0.05) is 56.3 Å². The molecule has 486 valence electrons. The average Bonchev–Trinajstić information content (AvgIpc) is 1.70. The SMILES string of the molecule is CC.Fc1c(F)c(F)c2c(ccc3[n+]2CC2=C3CCC2)c1F.Fc1cc2ccccc2[n+]2c1C1=C(CCC1)C2.Fc1ccc(F)c2c1ccc1[n+]2CC2=C1CCC2.Fc1ccc2c(c1)c(F)cc1[n+]2CC2=C1CCC2.c1ccc(-c2ccc3c(ccc4[n+]3CC3=C4CCC3)c2)cc1. The van der Waals surface area contributed by atoms with Gasteiger partial charge in [-0.2, -0.15) is 36.0 Å². The first-order valence-corrected chi connectivity index (χ1v) is 34.3. The van der Waals surface area contributed by atoms with Crippen molar-refractivity contribution in [2.24, 2.45) is 0 Å². The van der Waals surface area contributed by atoms with Crippen LogP contribution in [0.25, 0.3) is 93.5 Å². The summed E-state index contributed by atoms with van der Waals surface area (Å²) in [5.74, 6) is -7.61. The molecule has 10 aliphatic rings. The molecule has 5 aliphatic carbocycles. The molecule has 0 atom stereocenters. The van der Waals surface area contributed by atoms with Gasteiger partial charge in [-0.25, -0.2) is 26.3 Å². The topological polar surface area (TPSA) is 19.4 Å². The fourth-order valence-corrected chi connectivity index (χ4v) is 17.1. The molecule has 21 rings (SSSR count). The van der Waals surface area contributed by atoms with Crippen LogP contribution in [0, 0.1) is 52.4 Å². The van der Waals surface area contributed by atoms with Gasteiger partial charge in [-0.15, -0.1) is 0 Å². The average molecular weight is 1310 g/mol. The molecular formula is C83H71F9N5+5. The smallest absolute Gasteiger partial charge is 0.207 e. The number of pyridine rings is 5. The summed E-state index contributed by atoms with van der Waals surface area (Å²) in [6.07, 6.45) is 16.8. The summed E-state index contributed by atoms with van der Waals surface area (Å²) in [7, 11) is 0. The van der Waals surface area contributed by atoms with Gasteiger partial charge < -0.3 is 0 Å². The van der Waals surface area contributed by atoms with Crippen molar-refractivity contribution in [2.45, 2.75) is 143 Å². The molecular weight excluding hydrogens is 1240 g/mol. The molecule has 10 heterocycles. The normalized spacial score (nSPS) is 16.8. The predicted octanol–water partition coefficient (Wildman–Crippen LogP) is 19.3. The van der Waals surface area contributed by atoms with Crippen molar-refractivity contribution in [1.82, 2.24) is 0 Å². The summed E-state index contributed by atoms with van der Waals surface area (Å²) < 4.78 is 134. The van der Waals surface area contributed by atoms with E-state index in [0.29, 0.717) is 22.8 Å². The highest BCUT2D eigenvalue weighted by molar-refractivity contribution is 5.86. The Hall–Kier alpha value is -9.56. The predicted molar refractivity (Wildman–Crippen MR) is 361 cm³/mol. The molecule has 6 aromatic carbocycles. The van der Waals surface area contributed by atoms with E-state index in [4.69, 9.17) is 0 Å². The van der Waals surface area contributed by atoms with Crippen molar-refractivity contribution < 1.29 is 62.3 Å². The minimum absolute atomic E-state index is 0.0596. The Morgan fingerprint density at radius 3 is 1.42 bits per heavy atom. The van der Waals surface area contributed by atoms with Gasteiger partial charge in [-0.05, 0) is 174 Å². The number of halogens is 9. The number of fused-ring (bicyclic) bond motifs is 20. The Morgan fingerprint density at radius 2 is 0.763 bits per heavy atom. The van der Waals surface area contributed by atoms with Gasteiger partial charge in [0.1, 0.15) is 17.5 Å². The zero-order valence-corrected chi connectivity index (χ0v) is 54.2. The highest BCUT2D eigenvalue weighted by Crippen LogP contribution is 2.43. The lowest BCUT2D eigenvalue weighted by Gasteiger charge is -2.06. The van der Waals surface area contributed by atoms with Gasteiger partial charge in [0.15, 0.2) is 56.0 Å². The van der Waals surface area contributed by atoms with Crippen LogP contribution >= 0.6 is 0 Å². The van der Waals surface area contributed by atoms with Crippen molar-refractivity contribution >= 4 is 82.4 Å². The fraction of sp³-hybridized carbons (Fsp3) is 0.265. The number of para-hydroxylation sites is 1. The highest BCUT2D eigenvalue weighted by Gasteiger charge is 2.41. The Bertz CT molecular complexity index is 5370. The van der Waals surface area contributed by atoms with E-state index in [2.05, 4.69) is 80.4 Å². The summed E-state index contributed by atoms with van der Waals surface area (Å²) >= 11 is 0. The molecule has 14 heteroatoms. The molecule has 0 saturated carbocycles. The van der Waals surface area contributed by atoms with Gasteiger partial charge in [0.05, 0.1) is 16.2 Å². The van der Waals surface area contributed by atoms with Gasteiger partial charge in [0, 0.05) is 109 Å². The van der Waals surface area contributed by atoms with E-state index >= 15 is 0 Å². The monoisotopic (exact) mass is 1310 g/mol. The molecule has 0 saturated heterocycles. The third kappa shape index (κ3) is 10.6. The summed E-state index contributed by atoms with van der Waals surface area (Å²) in [4.78, 5) is 0. The van der Waals surface area contributed by atoms with E-state index in [1.165, 1.54) is 136 Å². The van der Waals surface area contributed by atoms with Crippen LogP contribution in [0.5, 0.6) is 0 Å². The summed E-state index contributed by atoms with van der Waals surface area (Å²) in [6.45, 7) is 7.99. The van der Waals surface area contributed by atoms with Crippen molar-refractivity contribution in [3.8, 4) is 11.1 Å². The number of hydrogen-bond donors (Lipinski definition) is 0. The molecule has 5 aromatic heterocycles. The maximum Gasteiger partial charge on any atom is 0.255 e. The van der Waals surface area contributed by atoms with Crippen LogP contribution in [0.3, 0.4) is 0 Å². The Kier molecular flexibility index (Phi) is 16.1. The molecule has 0 unspecified atom stereocenters. The molecule has 0 radical (unpaired) electrons. The van der Waals surface area contributed by atoms with Gasteiger partial charge in [0.25, 0.3) is 11.0 Å². The number of benzene rings is 6. The largest absolute Gasteiger partial charge is 0.255 e. The minimum Gasteiger partial charge on any atom is -0.207 e. The number of aromatic nitrogens is 5. The van der Waals surface area contributed by atoms with Crippen molar-refractivity contribution in [2.75, 3.05) is 0 Å². The standard InChI is InChI=1S/C21H18N.C15H10F4N.2C15H12F2N.C15H13FN.C2H6/c1-2-5-15(6-3-1)16-9-11-20-17(13-16)10-12-21-19-8-4-7-18(19)14-22(20)21;16-11-9-4-5-10-8-3-1-2-7(8)6-20(10)15(9)14(19)13(18)12(11)17;16-12-5-6-13(17)15-11(12)4-7-14-10-3-1-2-9(10)8-18(14)15;16-10-4-5-14-12(6-10)13(17)7-15-11-3-1-2-9(11)8-18(14)15;16-13-8-10-4-1-2-7-14(10)17-9-11-5-3-6-12(11)15(13)17;1-2/h1-3,5-6,9-13H,4,7-8,14H2;4-5H,1-3,6H2;2*4-7H,1-3,8H2;1-2,4,7-8H,3,5-6,9H2;1-2H3/q5*+1;. The van der Waals surface area contributed by atoms with Crippen LogP contribution in [0.4, 0.5) is 39.5 Å². The molecule has 97 heavy (non-hydrogen) atoms. The van der Waals surface area contributed by atoms with E-state index in [0.717, 1.165) is 129 Å². The quantitative estimate of drug-likeness (QED) is 0.0675. The van der Waals surface area contributed by atoms with E-state index in [-0.39, 0.29) is 40.0 Å². The number of rotatable bonds is 1. The van der Waals surface area contributed by atoms with Crippen LogP contribution in [-0.2, 0) is 32.7 Å². The second-order valence-corrected chi connectivity index (χ2v) is 26.7. The van der Waals surface area contributed by atoms with Crippen LogP contribution in [0.15, 0.2) is 180 Å². The summed E-state index contributed by atoms with van der Waals surface area (Å²) in [5.41, 5.74) is 25.0. The third-order valence-corrected chi connectivity index (χ3v) is 21.5. The number of hydrogen-bond acceptors (Lipinski definition) is 0. The van der Waals surface area contributed by atoms with E-state index in [9.17, 15) is 39.5 Å². The highest BCUT2D eigenvalue weighted by atomic mass is 19.2. The van der Waals surface area contributed by atoms with Crippen LogP contribution in [0.2, 0.25) is 0 Å². The first-order valence-electron chi connectivity index (χ1n) is 34.3. The van der Waals surface area contributed by atoms with Gasteiger partial charge in [0.2, 0.25) is 56.7 Å². The molecule has 11 aromatic rings. The van der Waals surface area contributed by atoms with E-state index in [1.54, 1.807) is 46.0 Å². The fourth-order valence-electron chi connectivity index (χ4n) is 17.1. The lowest BCUT2D eigenvalue weighted by atomic mass is 10.0. The van der Waals surface area contributed by atoms with E-state index < -0.39 is 23.3 Å². The van der Waals surface area contributed by atoms with Crippen LogP contribution in [-0.4, -0.2) is 0 Å². The Labute approximate surface area is 556 Å². The second-order valence-electron chi connectivity index (χ2n) is 26.7. The zero-order chi connectivity index (χ0) is 66.5. The van der Waals surface area contributed by atoms with Crippen LogP contribution < -0.4 is 22.8 Å².